The van der Waals surface area contributed by atoms with Gasteiger partial charge in [0.05, 0.1) is 6.10 Å². The number of amides is 2. The summed E-state index contributed by atoms with van der Waals surface area (Å²) in [5, 5.41) is 21.1. The maximum atomic E-state index is 12.0. The van der Waals surface area contributed by atoms with Crippen molar-refractivity contribution in [3.05, 3.63) is 27.8 Å². The maximum Gasteiger partial charge on any atom is 0.326 e. The number of likely N-dealkylation sites (tertiary alicyclic amines) is 1. The number of aliphatic hydroxyl groups excluding tert-OH is 1. The Labute approximate surface area is 123 Å². The molecule has 0 spiro atoms. The predicted octanol–water partition coefficient (Wildman–Crippen LogP) is 1.34. The molecule has 2 rings (SSSR count). The van der Waals surface area contributed by atoms with Gasteiger partial charge in [-0.3, -0.25) is 0 Å². The summed E-state index contributed by atoms with van der Waals surface area (Å²) >= 11 is 2.15. The highest BCUT2D eigenvalue weighted by atomic mass is 127. The van der Waals surface area contributed by atoms with Crippen LogP contribution < -0.4 is 5.32 Å². The Morgan fingerprint density at radius 3 is 2.53 bits per heavy atom. The SMILES string of the molecule is O=C(O)[C@H]1C[C@@H](O)CN1C(=O)Nc1ccc(I)cc1. The van der Waals surface area contributed by atoms with Crippen molar-refractivity contribution in [2.45, 2.75) is 18.6 Å². The first-order valence-electron chi connectivity index (χ1n) is 5.71. The fraction of sp³-hybridized carbons (Fsp3) is 0.333. The zero-order chi connectivity index (χ0) is 14.0. The number of nitrogens with one attached hydrogen (secondary N) is 1. The van der Waals surface area contributed by atoms with Crippen molar-refractivity contribution in [3.8, 4) is 0 Å². The van der Waals surface area contributed by atoms with E-state index in [1.165, 1.54) is 0 Å². The fourth-order valence-corrected chi connectivity index (χ4v) is 2.36. The molecule has 1 aromatic carbocycles. The Bertz CT molecular complexity index is 491. The number of carboxylic acid groups (broad SMARTS) is 1. The van der Waals surface area contributed by atoms with Crippen LogP contribution in [0.1, 0.15) is 6.42 Å². The number of aliphatic carboxylic acids is 1. The first kappa shape index (κ1) is 14.1. The van der Waals surface area contributed by atoms with Crippen LogP contribution in [0.15, 0.2) is 24.3 Å². The van der Waals surface area contributed by atoms with Crippen LogP contribution in [0.5, 0.6) is 0 Å². The smallest absolute Gasteiger partial charge is 0.326 e. The van der Waals surface area contributed by atoms with Crippen LogP contribution in [-0.4, -0.2) is 45.8 Å². The molecule has 0 unspecified atom stereocenters. The van der Waals surface area contributed by atoms with Gasteiger partial charge in [-0.05, 0) is 46.9 Å². The Kier molecular flexibility index (Phi) is 4.25. The average molecular weight is 376 g/mol. The highest BCUT2D eigenvalue weighted by Crippen LogP contribution is 2.20. The number of β-amino-alcohol motifs (C(OH)–C–C–N with tert-alkyl or cyclic N) is 1. The second kappa shape index (κ2) is 5.74. The third-order valence-corrected chi connectivity index (χ3v) is 3.64. The van der Waals surface area contributed by atoms with Crippen LogP contribution in [-0.2, 0) is 4.79 Å². The fourth-order valence-electron chi connectivity index (χ4n) is 2.00. The summed E-state index contributed by atoms with van der Waals surface area (Å²) in [7, 11) is 0. The van der Waals surface area contributed by atoms with Gasteiger partial charge in [-0.15, -0.1) is 0 Å². The predicted molar refractivity (Wildman–Crippen MR) is 76.9 cm³/mol. The van der Waals surface area contributed by atoms with Gasteiger partial charge in [-0.2, -0.15) is 0 Å². The van der Waals surface area contributed by atoms with Crippen LogP contribution in [0.3, 0.4) is 0 Å². The van der Waals surface area contributed by atoms with Crippen LogP contribution in [0.25, 0.3) is 0 Å². The number of carbonyl (C=O) groups excluding carboxylic acids is 1. The third-order valence-electron chi connectivity index (χ3n) is 2.92. The normalized spacial score (nSPS) is 22.3. The number of carboxylic acids is 1. The van der Waals surface area contributed by atoms with Gasteiger partial charge < -0.3 is 20.4 Å². The number of anilines is 1. The summed E-state index contributed by atoms with van der Waals surface area (Å²) in [5.74, 6) is -1.10. The Hall–Kier alpha value is -1.35. The molecule has 1 heterocycles. The highest BCUT2D eigenvalue weighted by molar-refractivity contribution is 14.1. The molecule has 0 saturated carbocycles. The zero-order valence-electron chi connectivity index (χ0n) is 9.91. The number of hydrogen-bond acceptors (Lipinski definition) is 3. The van der Waals surface area contributed by atoms with Crippen molar-refractivity contribution in [2.24, 2.45) is 0 Å². The summed E-state index contributed by atoms with van der Waals surface area (Å²) in [5.41, 5.74) is 0.593. The van der Waals surface area contributed by atoms with E-state index in [1.807, 2.05) is 12.1 Å². The minimum Gasteiger partial charge on any atom is -0.480 e. The lowest BCUT2D eigenvalue weighted by Crippen LogP contribution is -2.43. The van der Waals surface area contributed by atoms with Gasteiger partial charge in [0.1, 0.15) is 6.04 Å². The van der Waals surface area contributed by atoms with E-state index in [4.69, 9.17) is 5.11 Å². The van der Waals surface area contributed by atoms with E-state index in [0.717, 1.165) is 8.47 Å². The summed E-state index contributed by atoms with van der Waals surface area (Å²) in [6.07, 6.45) is -0.723. The lowest BCUT2D eigenvalue weighted by atomic mass is 10.2. The molecule has 1 saturated heterocycles. The molecule has 3 N–H and O–H groups in total. The number of hydrogen-bond donors (Lipinski definition) is 3. The number of carbonyl (C=O) groups is 2. The molecule has 102 valence electrons. The van der Waals surface area contributed by atoms with E-state index in [1.54, 1.807) is 12.1 Å². The molecule has 0 radical (unpaired) electrons. The monoisotopic (exact) mass is 376 g/mol. The molecular formula is C12H13IN2O4. The van der Waals surface area contributed by atoms with E-state index in [9.17, 15) is 14.7 Å². The van der Waals surface area contributed by atoms with Crippen LogP contribution >= 0.6 is 22.6 Å². The van der Waals surface area contributed by atoms with Crippen molar-refractivity contribution in [2.75, 3.05) is 11.9 Å². The van der Waals surface area contributed by atoms with E-state index >= 15 is 0 Å². The van der Waals surface area contributed by atoms with Gasteiger partial charge in [-0.25, -0.2) is 9.59 Å². The minimum atomic E-state index is -1.10. The van der Waals surface area contributed by atoms with E-state index in [-0.39, 0.29) is 13.0 Å². The zero-order valence-corrected chi connectivity index (χ0v) is 12.1. The molecule has 0 aliphatic carbocycles. The van der Waals surface area contributed by atoms with Crippen LogP contribution in [0.4, 0.5) is 10.5 Å². The summed E-state index contributed by atoms with van der Waals surface area (Å²) in [6, 6.07) is 5.67. The van der Waals surface area contributed by atoms with Gasteiger partial charge >= 0.3 is 12.0 Å². The first-order chi connectivity index (χ1) is 8.97. The molecule has 0 aromatic heterocycles. The second-order valence-corrected chi connectivity index (χ2v) is 5.58. The van der Waals surface area contributed by atoms with Crippen molar-refractivity contribution in [3.63, 3.8) is 0 Å². The van der Waals surface area contributed by atoms with E-state index in [2.05, 4.69) is 27.9 Å². The Morgan fingerprint density at radius 2 is 1.95 bits per heavy atom. The number of halogens is 1. The van der Waals surface area contributed by atoms with Crippen molar-refractivity contribution in [1.82, 2.24) is 4.90 Å². The molecule has 1 aliphatic rings. The summed E-state index contributed by atoms with van der Waals surface area (Å²) in [6.45, 7) is 0.0349. The second-order valence-electron chi connectivity index (χ2n) is 4.33. The number of benzene rings is 1. The maximum absolute atomic E-state index is 12.0. The quantitative estimate of drug-likeness (QED) is 0.680. The van der Waals surface area contributed by atoms with Crippen molar-refractivity contribution >= 4 is 40.3 Å². The van der Waals surface area contributed by atoms with E-state index < -0.39 is 24.1 Å². The van der Waals surface area contributed by atoms with Gasteiger partial charge in [0.2, 0.25) is 0 Å². The molecular weight excluding hydrogens is 363 g/mol. The lowest BCUT2D eigenvalue weighted by molar-refractivity contribution is -0.141. The Balaban J connectivity index is 2.06. The summed E-state index contributed by atoms with van der Waals surface area (Å²) in [4.78, 5) is 24.2. The molecule has 1 aromatic rings. The molecule has 2 amide bonds. The average Bonchev–Trinajstić information content (AvgIpc) is 2.74. The molecule has 1 aliphatic heterocycles. The standard InChI is InChI=1S/C12H13IN2O4/c13-7-1-3-8(4-2-7)14-12(19)15-6-9(16)5-10(15)11(17)18/h1-4,9-10,16H,5-6H2,(H,14,19)(H,17,18)/t9-,10-/m1/s1. The molecule has 6 nitrogen and oxygen atoms in total. The van der Waals surface area contributed by atoms with E-state index in [0.29, 0.717) is 5.69 Å². The first-order valence-corrected chi connectivity index (χ1v) is 6.79. The Morgan fingerprint density at radius 1 is 1.32 bits per heavy atom. The van der Waals surface area contributed by atoms with Gasteiger partial charge in [0.15, 0.2) is 0 Å². The van der Waals surface area contributed by atoms with Crippen LogP contribution in [0.2, 0.25) is 0 Å². The molecule has 7 heteroatoms. The third kappa shape index (κ3) is 3.35. The highest BCUT2D eigenvalue weighted by Gasteiger charge is 2.38. The number of rotatable bonds is 2. The molecule has 1 fully saturated rings. The molecule has 19 heavy (non-hydrogen) atoms. The summed E-state index contributed by atoms with van der Waals surface area (Å²) < 4.78 is 1.04. The largest absolute Gasteiger partial charge is 0.480 e. The van der Waals surface area contributed by atoms with Gasteiger partial charge in [-0.1, -0.05) is 0 Å². The topological polar surface area (TPSA) is 89.9 Å². The number of nitrogens with zero attached hydrogens (tertiary/aromatic N) is 1. The van der Waals surface area contributed by atoms with Crippen molar-refractivity contribution in [1.29, 1.82) is 0 Å². The van der Waals surface area contributed by atoms with Gasteiger partial charge in [0, 0.05) is 22.2 Å². The molecule has 0 bridgehead atoms. The minimum absolute atomic E-state index is 0.0349. The van der Waals surface area contributed by atoms with Crippen LogP contribution in [0, 0.1) is 3.57 Å². The molecule has 2 atom stereocenters. The van der Waals surface area contributed by atoms with Crippen molar-refractivity contribution < 1.29 is 19.8 Å². The lowest BCUT2D eigenvalue weighted by Gasteiger charge is -2.21. The van der Waals surface area contributed by atoms with Gasteiger partial charge in [0.25, 0.3) is 0 Å². The number of aliphatic hydroxyl groups is 1. The number of urea groups is 1.